The molecule has 100 valence electrons. The number of amides is 1. The van der Waals surface area contributed by atoms with E-state index in [9.17, 15) is 9.90 Å². The van der Waals surface area contributed by atoms with E-state index in [1.807, 2.05) is 0 Å². The fraction of sp³-hybridized carbons (Fsp3) is 0.500. The molecule has 0 saturated heterocycles. The number of rotatable bonds is 7. The van der Waals surface area contributed by atoms with E-state index in [1.165, 1.54) is 6.07 Å². The lowest BCUT2D eigenvalue weighted by atomic mass is 10.2. The molecule has 4 heteroatoms. The van der Waals surface area contributed by atoms with Gasteiger partial charge in [-0.05, 0) is 25.5 Å². The van der Waals surface area contributed by atoms with Crippen molar-refractivity contribution in [3.05, 3.63) is 24.3 Å². The first-order valence-electron chi connectivity index (χ1n) is 6.37. The van der Waals surface area contributed by atoms with Crippen molar-refractivity contribution in [1.82, 2.24) is 5.32 Å². The molecule has 1 aromatic rings. The van der Waals surface area contributed by atoms with Crippen LogP contribution in [0.4, 0.5) is 0 Å². The van der Waals surface area contributed by atoms with E-state index in [0.717, 1.165) is 19.3 Å². The highest BCUT2D eigenvalue weighted by atomic mass is 16.5. The largest absolute Gasteiger partial charge is 0.508 e. The van der Waals surface area contributed by atoms with E-state index >= 15 is 0 Å². The molecule has 1 unspecified atom stereocenters. The van der Waals surface area contributed by atoms with Crippen molar-refractivity contribution in [1.29, 1.82) is 0 Å². The molecule has 1 rings (SSSR count). The predicted molar refractivity (Wildman–Crippen MR) is 70.7 cm³/mol. The van der Waals surface area contributed by atoms with E-state index < -0.39 is 6.10 Å². The number of hydrogen-bond donors (Lipinski definition) is 2. The molecule has 0 fully saturated rings. The van der Waals surface area contributed by atoms with Gasteiger partial charge in [-0.25, -0.2) is 0 Å². The molecule has 1 amide bonds. The Morgan fingerprint density at radius 1 is 1.44 bits per heavy atom. The third-order valence-corrected chi connectivity index (χ3v) is 2.58. The van der Waals surface area contributed by atoms with Crippen LogP contribution in [0.5, 0.6) is 11.5 Å². The number of phenols is 1. The van der Waals surface area contributed by atoms with Gasteiger partial charge in [0.05, 0.1) is 0 Å². The summed E-state index contributed by atoms with van der Waals surface area (Å²) in [4.78, 5) is 11.7. The second kappa shape index (κ2) is 7.58. The first-order valence-corrected chi connectivity index (χ1v) is 6.37. The smallest absolute Gasteiger partial charge is 0.260 e. The van der Waals surface area contributed by atoms with Crippen molar-refractivity contribution in [2.45, 2.75) is 39.2 Å². The summed E-state index contributed by atoms with van der Waals surface area (Å²) < 4.78 is 5.44. The molecule has 0 aliphatic heterocycles. The summed E-state index contributed by atoms with van der Waals surface area (Å²) in [6.07, 6.45) is 2.67. The topological polar surface area (TPSA) is 58.6 Å². The van der Waals surface area contributed by atoms with Gasteiger partial charge < -0.3 is 15.2 Å². The molecule has 0 aromatic heterocycles. The predicted octanol–water partition coefficient (Wildman–Crippen LogP) is 2.47. The molecule has 1 atom stereocenters. The van der Waals surface area contributed by atoms with Gasteiger partial charge >= 0.3 is 0 Å². The fourth-order valence-electron chi connectivity index (χ4n) is 1.54. The van der Waals surface area contributed by atoms with Gasteiger partial charge in [-0.1, -0.05) is 25.8 Å². The van der Waals surface area contributed by atoms with Gasteiger partial charge in [-0.3, -0.25) is 4.79 Å². The molecule has 18 heavy (non-hydrogen) atoms. The van der Waals surface area contributed by atoms with Crippen molar-refractivity contribution in [2.24, 2.45) is 0 Å². The minimum absolute atomic E-state index is 0.128. The zero-order valence-corrected chi connectivity index (χ0v) is 11.0. The molecule has 2 N–H and O–H groups in total. The highest BCUT2D eigenvalue weighted by Crippen LogP contribution is 2.18. The Morgan fingerprint density at radius 2 is 2.22 bits per heavy atom. The van der Waals surface area contributed by atoms with Crippen molar-refractivity contribution in [3.63, 3.8) is 0 Å². The monoisotopic (exact) mass is 251 g/mol. The van der Waals surface area contributed by atoms with Crippen LogP contribution in [-0.2, 0) is 4.79 Å². The maximum atomic E-state index is 11.7. The van der Waals surface area contributed by atoms with Crippen molar-refractivity contribution in [2.75, 3.05) is 6.54 Å². The van der Waals surface area contributed by atoms with Crippen LogP contribution in [0, 0.1) is 0 Å². The summed E-state index contributed by atoms with van der Waals surface area (Å²) in [6, 6.07) is 6.43. The summed E-state index contributed by atoms with van der Waals surface area (Å²) in [6.45, 7) is 4.50. The lowest BCUT2D eigenvalue weighted by molar-refractivity contribution is -0.127. The molecule has 0 saturated carbocycles. The number of carbonyl (C=O) groups is 1. The highest BCUT2D eigenvalue weighted by molar-refractivity contribution is 5.80. The highest BCUT2D eigenvalue weighted by Gasteiger charge is 2.13. The first-order chi connectivity index (χ1) is 8.63. The van der Waals surface area contributed by atoms with E-state index in [-0.39, 0.29) is 11.7 Å². The summed E-state index contributed by atoms with van der Waals surface area (Å²) >= 11 is 0. The average molecular weight is 251 g/mol. The number of hydrogen-bond acceptors (Lipinski definition) is 3. The van der Waals surface area contributed by atoms with E-state index in [0.29, 0.717) is 12.3 Å². The number of nitrogens with one attached hydrogen (secondary N) is 1. The third-order valence-electron chi connectivity index (χ3n) is 2.58. The van der Waals surface area contributed by atoms with Gasteiger partial charge in [0.1, 0.15) is 11.5 Å². The molecule has 4 nitrogen and oxygen atoms in total. The molecular weight excluding hydrogens is 230 g/mol. The molecular formula is C14H21NO3. The Hall–Kier alpha value is -1.71. The zero-order chi connectivity index (χ0) is 13.4. The van der Waals surface area contributed by atoms with Crippen LogP contribution in [0.15, 0.2) is 24.3 Å². The molecule has 0 aliphatic carbocycles. The van der Waals surface area contributed by atoms with Gasteiger partial charge in [0, 0.05) is 12.6 Å². The van der Waals surface area contributed by atoms with Crippen LogP contribution in [0.2, 0.25) is 0 Å². The Balaban J connectivity index is 2.35. The van der Waals surface area contributed by atoms with Crippen LogP contribution >= 0.6 is 0 Å². The van der Waals surface area contributed by atoms with Gasteiger partial charge in [-0.15, -0.1) is 0 Å². The van der Waals surface area contributed by atoms with Crippen LogP contribution in [0.3, 0.4) is 0 Å². The van der Waals surface area contributed by atoms with Crippen LogP contribution in [0.25, 0.3) is 0 Å². The lowest BCUT2D eigenvalue weighted by Gasteiger charge is -2.14. The van der Waals surface area contributed by atoms with Crippen LogP contribution in [0.1, 0.15) is 33.1 Å². The van der Waals surface area contributed by atoms with Crippen molar-refractivity contribution < 1.29 is 14.6 Å². The van der Waals surface area contributed by atoms with E-state index in [4.69, 9.17) is 4.74 Å². The van der Waals surface area contributed by atoms with Gasteiger partial charge in [-0.2, -0.15) is 0 Å². The summed E-state index contributed by atoms with van der Waals surface area (Å²) in [5, 5.41) is 12.1. The van der Waals surface area contributed by atoms with E-state index in [2.05, 4.69) is 12.2 Å². The van der Waals surface area contributed by atoms with Gasteiger partial charge in [0.2, 0.25) is 0 Å². The summed E-state index contributed by atoms with van der Waals surface area (Å²) in [7, 11) is 0. The molecule has 0 heterocycles. The average Bonchev–Trinajstić information content (AvgIpc) is 2.34. The molecule has 1 aromatic carbocycles. The zero-order valence-electron chi connectivity index (χ0n) is 11.0. The second-order valence-electron chi connectivity index (χ2n) is 4.26. The Bertz CT molecular complexity index is 379. The number of ether oxygens (including phenoxy) is 1. The fourth-order valence-corrected chi connectivity index (χ4v) is 1.54. The van der Waals surface area contributed by atoms with Crippen LogP contribution in [-0.4, -0.2) is 23.7 Å². The summed E-state index contributed by atoms with van der Waals surface area (Å²) in [5.41, 5.74) is 0. The Kier molecular flexibility index (Phi) is 6.05. The van der Waals surface area contributed by atoms with Gasteiger partial charge in [0.25, 0.3) is 5.91 Å². The van der Waals surface area contributed by atoms with Gasteiger partial charge in [0.15, 0.2) is 6.10 Å². The normalized spacial score (nSPS) is 11.9. The second-order valence-corrected chi connectivity index (χ2v) is 4.26. The molecule has 0 radical (unpaired) electrons. The summed E-state index contributed by atoms with van der Waals surface area (Å²) in [5.74, 6) is 0.490. The van der Waals surface area contributed by atoms with Crippen LogP contribution < -0.4 is 10.1 Å². The van der Waals surface area contributed by atoms with E-state index in [1.54, 1.807) is 25.1 Å². The third kappa shape index (κ3) is 5.08. The number of carbonyl (C=O) groups excluding carboxylic acids is 1. The number of phenolic OH excluding ortho intramolecular Hbond substituents is 1. The Morgan fingerprint density at radius 3 is 2.89 bits per heavy atom. The lowest BCUT2D eigenvalue weighted by Crippen LogP contribution is -2.36. The quantitative estimate of drug-likeness (QED) is 0.732. The van der Waals surface area contributed by atoms with Crippen molar-refractivity contribution >= 4 is 5.91 Å². The molecule has 0 spiro atoms. The van der Waals surface area contributed by atoms with Crippen molar-refractivity contribution in [3.8, 4) is 11.5 Å². The number of aromatic hydroxyl groups is 1. The maximum absolute atomic E-state index is 11.7. The minimum atomic E-state index is -0.562. The molecule has 0 aliphatic rings. The number of benzene rings is 1. The first kappa shape index (κ1) is 14.4. The molecule has 0 bridgehead atoms. The standard InChI is InChI=1S/C14H21NO3/c1-3-4-5-9-15-14(17)11(2)18-13-8-6-7-12(16)10-13/h6-8,10-11,16H,3-5,9H2,1-2H3,(H,15,17). The Labute approximate surface area is 108 Å². The number of unbranched alkanes of at least 4 members (excludes halogenated alkanes) is 2. The SMILES string of the molecule is CCCCCNC(=O)C(C)Oc1cccc(O)c1. The minimum Gasteiger partial charge on any atom is -0.508 e. The maximum Gasteiger partial charge on any atom is 0.260 e.